The summed E-state index contributed by atoms with van der Waals surface area (Å²) in [6.45, 7) is 0.537. The number of carboxylic acids is 1. The van der Waals surface area contributed by atoms with Gasteiger partial charge in [-0.25, -0.2) is 4.79 Å². The Morgan fingerprint density at radius 3 is 2.43 bits per heavy atom. The molecule has 0 aliphatic rings. The van der Waals surface area contributed by atoms with Crippen molar-refractivity contribution in [3.63, 3.8) is 0 Å². The van der Waals surface area contributed by atoms with Crippen LogP contribution in [-0.2, 0) is 4.79 Å². The molecule has 5 nitrogen and oxygen atoms in total. The van der Waals surface area contributed by atoms with Crippen LogP contribution < -0.4 is 10.1 Å². The molecule has 1 rings (SSSR count). The van der Waals surface area contributed by atoms with Crippen molar-refractivity contribution in [1.29, 1.82) is 0 Å². The molecule has 0 bridgehead atoms. The SMILES string of the molecule is C=CCCC(NC(=O)c1ccc(OC(F)F)cc1)C(=O)O. The first-order chi connectivity index (χ1) is 9.93. The van der Waals surface area contributed by atoms with Crippen molar-refractivity contribution in [3.05, 3.63) is 42.5 Å². The van der Waals surface area contributed by atoms with Gasteiger partial charge in [0.05, 0.1) is 0 Å². The van der Waals surface area contributed by atoms with E-state index in [0.717, 1.165) is 0 Å². The molecule has 0 fully saturated rings. The van der Waals surface area contributed by atoms with Gasteiger partial charge in [-0.3, -0.25) is 4.79 Å². The molecule has 1 aromatic rings. The Morgan fingerprint density at radius 2 is 1.95 bits per heavy atom. The van der Waals surface area contributed by atoms with E-state index in [-0.39, 0.29) is 17.7 Å². The first-order valence-electron chi connectivity index (χ1n) is 6.13. The monoisotopic (exact) mass is 299 g/mol. The molecule has 0 aliphatic carbocycles. The lowest BCUT2D eigenvalue weighted by Gasteiger charge is -2.13. The molecule has 1 aromatic carbocycles. The summed E-state index contributed by atoms with van der Waals surface area (Å²) < 4.78 is 28.1. The second-order valence-electron chi connectivity index (χ2n) is 4.13. The van der Waals surface area contributed by atoms with E-state index in [4.69, 9.17) is 5.11 Å². The Kier molecular flexibility index (Phi) is 6.32. The third-order valence-electron chi connectivity index (χ3n) is 2.60. The maximum atomic E-state index is 12.0. The Hall–Kier alpha value is -2.44. The number of allylic oxidation sites excluding steroid dienone is 1. The van der Waals surface area contributed by atoms with Gasteiger partial charge in [-0.2, -0.15) is 8.78 Å². The topological polar surface area (TPSA) is 75.6 Å². The number of benzene rings is 1. The smallest absolute Gasteiger partial charge is 0.387 e. The predicted molar refractivity (Wildman–Crippen MR) is 71.4 cm³/mol. The highest BCUT2D eigenvalue weighted by Crippen LogP contribution is 2.15. The summed E-state index contributed by atoms with van der Waals surface area (Å²) in [5.41, 5.74) is 0.154. The van der Waals surface area contributed by atoms with Crippen molar-refractivity contribution in [2.24, 2.45) is 0 Å². The summed E-state index contributed by atoms with van der Waals surface area (Å²) in [6, 6.07) is 3.94. The Bertz CT molecular complexity index is 502. The number of nitrogens with one attached hydrogen (secondary N) is 1. The van der Waals surface area contributed by atoms with Crippen LogP contribution in [0.15, 0.2) is 36.9 Å². The number of carbonyl (C=O) groups is 2. The third kappa shape index (κ3) is 5.60. The number of hydrogen-bond donors (Lipinski definition) is 2. The molecule has 0 aromatic heterocycles. The van der Waals surface area contributed by atoms with Crippen LogP contribution in [-0.4, -0.2) is 29.6 Å². The quantitative estimate of drug-likeness (QED) is 0.723. The molecule has 1 unspecified atom stereocenters. The van der Waals surface area contributed by atoms with E-state index in [1.807, 2.05) is 0 Å². The maximum Gasteiger partial charge on any atom is 0.387 e. The van der Waals surface area contributed by atoms with Crippen molar-refractivity contribution in [1.82, 2.24) is 5.32 Å². The molecule has 0 radical (unpaired) electrons. The lowest BCUT2D eigenvalue weighted by atomic mass is 10.1. The van der Waals surface area contributed by atoms with Crippen molar-refractivity contribution in [2.75, 3.05) is 0 Å². The molecule has 0 heterocycles. The van der Waals surface area contributed by atoms with Gasteiger partial charge in [0.1, 0.15) is 11.8 Å². The molecule has 0 saturated heterocycles. The number of halogens is 2. The molecular formula is C14H15F2NO4. The minimum atomic E-state index is -2.94. The normalized spacial score (nSPS) is 11.8. The van der Waals surface area contributed by atoms with Gasteiger partial charge in [-0.15, -0.1) is 6.58 Å². The molecule has 0 spiro atoms. The van der Waals surface area contributed by atoms with Gasteiger partial charge in [0, 0.05) is 5.56 Å². The molecule has 1 atom stereocenters. The fourth-order valence-corrected chi connectivity index (χ4v) is 1.57. The molecule has 21 heavy (non-hydrogen) atoms. The Balaban J connectivity index is 2.69. The average Bonchev–Trinajstić information content (AvgIpc) is 2.43. The van der Waals surface area contributed by atoms with Gasteiger partial charge < -0.3 is 15.2 Å². The largest absolute Gasteiger partial charge is 0.480 e. The van der Waals surface area contributed by atoms with Crippen LogP contribution in [0.3, 0.4) is 0 Å². The number of hydrogen-bond acceptors (Lipinski definition) is 3. The first kappa shape index (κ1) is 16.6. The van der Waals surface area contributed by atoms with Crippen molar-refractivity contribution in [2.45, 2.75) is 25.5 Å². The van der Waals surface area contributed by atoms with Crippen LogP contribution in [0.1, 0.15) is 23.2 Å². The second-order valence-corrected chi connectivity index (χ2v) is 4.13. The molecule has 2 N–H and O–H groups in total. The van der Waals surface area contributed by atoms with Crippen LogP contribution in [0, 0.1) is 0 Å². The molecular weight excluding hydrogens is 284 g/mol. The number of alkyl halides is 2. The number of carbonyl (C=O) groups excluding carboxylic acids is 1. The maximum absolute atomic E-state index is 12.0. The second kappa shape index (κ2) is 7.98. The number of rotatable bonds is 8. The summed E-state index contributed by atoms with van der Waals surface area (Å²) >= 11 is 0. The van der Waals surface area contributed by atoms with Crippen LogP contribution in [0.25, 0.3) is 0 Å². The molecule has 0 aliphatic heterocycles. The van der Waals surface area contributed by atoms with E-state index in [1.165, 1.54) is 24.3 Å². The van der Waals surface area contributed by atoms with E-state index in [2.05, 4.69) is 16.6 Å². The van der Waals surface area contributed by atoms with Crippen LogP contribution >= 0.6 is 0 Å². The zero-order chi connectivity index (χ0) is 15.8. The van der Waals surface area contributed by atoms with Gasteiger partial charge in [0.15, 0.2) is 0 Å². The summed E-state index contributed by atoms with van der Waals surface area (Å²) in [4.78, 5) is 22.9. The van der Waals surface area contributed by atoms with E-state index < -0.39 is 24.5 Å². The summed E-state index contributed by atoms with van der Waals surface area (Å²) in [6.07, 6.45) is 2.22. The highest BCUT2D eigenvalue weighted by molar-refractivity contribution is 5.96. The fraction of sp³-hybridized carbons (Fsp3) is 0.286. The minimum absolute atomic E-state index is 0.0806. The van der Waals surface area contributed by atoms with E-state index in [9.17, 15) is 18.4 Å². The van der Waals surface area contributed by atoms with E-state index >= 15 is 0 Å². The molecule has 7 heteroatoms. The average molecular weight is 299 g/mol. The highest BCUT2D eigenvalue weighted by Gasteiger charge is 2.19. The standard InChI is InChI=1S/C14H15F2NO4/c1-2-3-4-11(13(19)20)17-12(18)9-5-7-10(8-6-9)21-14(15)16/h2,5-8,11,14H,1,3-4H2,(H,17,18)(H,19,20). The molecule has 0 saturated carbocycles. The summed E-state index contributed by atoms with van der Waals surface area (Å²) in [5.74, 6) is -1.83. The summed E-state index contributed by atoms with van der Waals surface area (Å²) in [7, 11) is 0. The summed E-state index contributed by atoms with van der Waals surface area (Å²) in [5, 5.41) is 11.3. The Morgan fingerprint density at radius 1 is 1.33 bits per heavy atom. The van der Waals surface area contributed by atoms with Gasteiger partial charge in [-0.05, 0) is 37.1 Å². The molecule has 1 amide bonds. The van der Waals surface area contributed by atoms with Crippen molar-refractivity contribution < 1.29 is 28.2 Å². The van der Waals surface area contributed by atoms with E-state index in [0.29, 0.717) is 6.42 Å². The zero-order valence-corrected chi connectivity index (χ0v) is 11.1. The lowest BCUT2D eigenvalue weighted by molar-refractivity contribution is -0.139. The van der Waals surface area contributed by atoms with Crippen molar-refractivity contribution >= 4 is 11.9 Å². The number of amides is 1. The van der Waals surface area contributed by atoms with Crippen molar-refractivity contribution in [3.8, 4) is 5.75 Å². The lowest BCUT2D eigenvalue weighted by Crippen LogP contribution is -2.40. The van der Waals surface area contributed by atoms with Gasteiger partial charge in [0.2, 0.25) is 0 Å². The number of aliphatic carboxylic acids is 1. The zero-order valence-electron chi connectivity index (χ0n) is 11.1. The highest BCUT2D eigenvalue weighted by atomic mass is 19.3. The predicted octanol–water partition coefficient (Wildman–Crippen LogP) is 2.44. The van der Waals surface area contributed by atoms with Gasteiger partial charge in [-0.1, -0.05) is 6.08 Å². The minimum Gasteiger partial charge on any atom is -0.480 e. The number of ether oxygens (including phenoxy) is 1. The fourth-order valence-electron chi connectivity index (χ4n) is 1.57. The van der Waals surface area contributed by atoms with Crippen LogP contribution in [0.2, 0.25) is 0 Å². The van der Waals surface area contributed by atoms with Gasteiger partial charge >= 0.3 is 12.6 Å². The first-order valence-corrected chi connectivity index (χ1v) is 6.13. The van der Waals surface area contributed by atoms with Crippen LogP contribution in [0.4, 0.5) is 8.78 Å². The van der Waals surface area contributed by atoms with Gasteiger partial charge in [0.25, 0.3) is 5.91 Å². The molecule has 114 valence electrons. The van der Waals surface area contributed by atoms with Crippen LogP contribution in [0.5, 0.6) is 5.75 Å². The number of carboxylic acid groups (broad SMARTS) is 1. The third-order valence-corrected chi connectivity index (χ3v) is 2.60. The van der Waals surface area contributed by atoms with E-state index in [1.54, 1.807) is 6.08 Å². The Labute approximate surface area is 120 Å².